The first-order valence-corrected chi connectivity index (χ1v) is 7.71. The summed E-state index contributed by atoms with van der Waals surface area (Å²) in [4.78, 5) is 15.1. The van der Waals surface area contributed by atoms with E-state index in [1.165, 1.54) is 32.4 Å². The Bertz CT molecular complexity index is 492. The SMILES string of the molecule is COc1ccc2c(c1)CCC(CN1CCCCC1)C2=O. The number of carbonyl (C=O) groups excluding carboxylic acids is 1. The van der Waals surface area contributed by atoms with E-state index in [-0.39, 0.29) is 5.92 Å². The van der Waals surface area contributed by atoms with Crippen LogP contribution >= 0.6 is 0 Å². The molecular weight excluding hydrogens is 250 g/mol. The van der Waals surface area contributed by atoms with Gasteiger partial charge in [-0.15, -0.1) is 0 Å². The molecule has 1 atom stereocenters. The molecular formula is C17H23NO2. The first-order chi connectivity index (χ1) is 9.78. The fourth-order valence-electron chi connectivity index (χ4n) is 3.45. The van der Waals surface area contributed by atoms with Crippen LogP contribution in [0.2, 0.25) is 0 Å². The molecule has 1 unspecified atom stereocenters. The van der Waals surface area contributed by atoms with Crippen LogP contribution in [-0.4, -0.2) is 37.4 Å². The molecule has 0 aromatic heterocycles. The van der Waals surface area contributed by atoms with Crippen LogP contribution < -0.4 is 4.74 Å². The number of ether oxygens (including phenoxy) is 1. The van der Waals surface area contributed by atoms with Gasteiger partial charge in [-0.2, -0.15) is 0 Å². The Morgan fingerprint density at radius 3 is 2.80 bits per heavy atom. The average Bonchev–Trinajstić information content (AvgIpc) is 2.51. The summed E-state index contributed by atoms with van der Waals surface area (Å²) in [6, 6.07) is 5.86. The van der Waals surface area contributed by atoms with Gasteiger partial charge in [0.15, 0.2) is 5.78 Å². The summed E-state index contributed by atoms with van der Waals surface area (Å²) >= 11 is 0. The highest BCUT2D eigenvalue weighted by Crippen LogP contribution is 2.29. The van der Waals surface area contributed by atoms with E-state index in [1.807, 2.05) is 18.2 Å². The monoisotopic (exact) mass is 273 g/mol. The number of piperidine rings is 1. The molecule has 0 spiro atoms. The van der Waals surface area contributed by atoms with Crippen LogP contribution in [0.4, 0.5) is 0 Å². The molecule has 1 saturated heterocycles. The van der Waals surface area contributed by atoms with E-state index in [0.717, 1.165) is 36.3 Å². The van der Waals surface area contributed by atoms with Gasteiger partial charge in [-0.1, -0.05) is 6.42 Å². The molecule has 1 aliphatic carbocycles. The van der Waals surface area contributed by atoms with Crippen molar-refractivity contribution in [1.82, 2.24) is 4.90 Å². The first-order valence-electron chi connectivity index (χ1n) is 7.71. The maximum absolute atomic E-state index is 12.6. The standard InChI is InChI=1S/C17H23NO2/c1-20-15-7-8-16-13(11-15)5-6-14(17(16)19)12-18-9-3-2-4-10-18/h7-8,11,14H,2-6,9-10,12H2,1H3. The highest BCUT2D eigenvalue weighted by atomic mass is 16.5. The van der Waals surface area contributed by atoms with Crippen LogP contribution in [0.5, 0.6) is 5.75 Å². The van der Waals surface area contributed by atoms with Crippen molar-refractivity contribution in [2.24, 2.45) is 5.92 Å². The van der Waals surface area contributed by atoms with Crippen molar-refractivity contribution in [3.63, 3.8) is 0 Å². The fraction of sp³-hybridized carbons (Fsp3) is 0.588. The number of Topliss-reactive ketones (excluding diaryl/α,β-unsaturated/α-hetero) is 1. The molecule has 0 radical (unpaired) electrons. The topological polar surface area (TPSA) is 29.5 Å². The third-order valence-corrected chi connectivity index (χ3v) is 4.64. The van der Waals surface area contributed by atoms with E-state index in [0.29, 0.717) is 5.78 Å². The van der Waals surface area contributed by atoms with Crippen LogP contribution in [0.3, 0.4) is 0 Å². The van der Waals surface area contributed by atoms with Crippen molar-refractivity contribution in [2.45, 2.75) is 32.1 Å². The number of hydrogen-bond donors (Lipinski definition) is 0. The molecule has 0 saturated carbocycles. The quantitative estimate of drug-likeness (QED) is 0.848. The number of ketones is 1. The minimum atomic E-state index is 0.189. The second kappa shape index (κ2) is 5.96. The van der Waals surface area contributed by atoms with Crippen LogP contribution in [0, 0.1) is 5.92 Å². The highest BCUT2D eigenvalue weighted by Gasteiger charge is 2.29. The number of rotatable bonds is 3. The molecule has 0 bridgehead atoms. The van der Waals surface area contributed by atoms with Gasteiger partial charge >= 0.3 is 0 Å². The van der Waals surface area contributed by atoms with Gasteiger partial charge < -0.3 is 9.64 Å². The van der Waals surface area contributed by atoms with Gasteiger partial charge in [0.05, 0.1) is 7.11 Å². The van der Waals surface area contributed by atoms with E-state index in [2.05, 4.69) is 4.90 Å². The lowest BCUT2D eigenvalue weighted by Gasteiger charge is -2.32. The molecule has 1 aromatic carbocycles. The molecule has 3 nitrogen and oxygen atoms in total. The zero-order chi connectivity index (χ0) is 13.9. The molecule has 0 N–H and O–H groups in total. The number of nitrogens with zero attached hydrogens (tertiary/aromatic N) is 1. The fourth-order valence-corrected chi connectivity index (χ4v) is 3.45. The minimum absolute atomic E-state index is 0.189. The summed E-state index contributed by atoms with van der Waals surface area (Å²) in [5.41, 5.74) is 2.07. The van der Waals surface area contributed by atoms with Gasteiger partial charge in [0.1, 0.15) is 5.75 Å². The second-order valence-corrected chi connectivity index (χ2v) is 5.98. The van der Waals surface area contributed by atoms with Crippen molar-refractivity contribution in [1.29, 1.82) is 0 Å². The number of methoxy groups -OCH3 is 1. The van der Waals surface area contributed by atoms with Crippen molar-refractivity contribution >= 4 is 5.78 Å². The Morgan fingerprint density at radius 2 is 2.05 bits per heavy atom. The molecule has 20 heavy (non-hydrogen) atoms. The van der Waals surface area contributed by atoms with Gasteiger partial charge in [0.25, 0.3) is 0 Å². The lowest BCUT2D eigenvalue weighted by molar-refractivity contribution is 0.0845. The van der Waals surface area contributed by atoms with Crippen LogP contribution in [0.15, 0.2) is 18.2 Å². The van der Waals surface area contributed by atoms with E-state index in [4.69, 9.17) is 4.74 Å². The molecule has 3 rings (SSSR count). The number of likely N-dealkylation sites (tertiary alicyclic amines) is 1. The van der Waals surface area contributed by atoms with Gasteiger partial charge in [0.2, 0.25) is 0 Å². The zero-order valence-corrected chi connectivity index (χ0v) is 12.2. The Labute approximate surface area is 120 Å². The van der Waals surface area contributed by atoms with Crippen molar-refractivity contribution < 1.29 is 9.53 Å². The molecule has 1 aliphatic heterocycles. The van der Waals surface area contributed by atoms with E-state index >= 15 is 0 Å². The van der Waals surface area contributed by atoms with E-state index in [1.54, 1.807) is 7.11 Å². The van der Waals surface area contributed by atoms with Gasteiger partial charge in [-0.3, -0.25) is 4.79 Å². The average molecular weight is 273 g/mol. The molecule has 2 aliphatic rings. The van der Waals surface area contributed by atoms with Gasteiger partial charge in [0, 0.05) is 18.0 Å². The predicted molar refractivity (Wildman–Crippen MR) is 79.4 cm³/mol. The minimum Gasteiger partial charge on any atom is -0.497 e. The molecule has 1 fully saturated rings. The molecule has 1 aromatic rings. The summed E-state index contributed by atoms with van der Waals surface area (Å²) in [6.07, 6.45) is 5.90. The van der Waals surface area contributed by atoms with Crippen LogP contribution in [0.25, 0.3) is 0 Å². The summed E-state index contributed by atoms with van der Waals surface area (Å²) in [5, 5.41) is 0. The highest BCUT2D eigenvalue weighted by molar-refractivity contribution is 6.00. The summed E-state index contributed by atoms with van der Waals surface area (Å²) in [6.45, 7) is 3.28. The number of aryl methyl sites for hydroxylation is 1. The lowest BCUT2D eigenvalue weighted by atomic mass is 9.82. The summed E-state index contributed by atoms with van der Waals surface area (Å²) < 4.78 is 5.24. The first kappa shape index (κ1) is 13.6. The summed E-state index contributed by atoms with van der Waals surface area (Å²) in [5.74, 6) is 1.37. The van der Waals surface area contributed by atoms with E-state index < -0.39 is 0 Å². The van der Waals surface area contributed by atoms with Crippen molar-refractivity contribution in [3.8, 4) is 5.75 Å². The van der Waals surface area contributed by atoms with Crippen LogP contribution in [0.1, 0.15) is 41.6 Å². The Kier molecular flexibility index (Phi) is 4.06. The smallest absolute Gasteiger partial charge is 0.167 e. The van der Waals surface area contributed by atoms with Crippen molar-refractivity contribution in [3.05, 3.63) is 29.3 Å². The van der Waals surface area contributed by atoms with Crippen molar-refractivity contribution in [2.75, 3.05) is 26.7 Å². The van der Waals surface area contributed by atoms with Gasteiger partial charge in [-0.05, 0) is 62.5 Å². The largest absolute Gasteiger partial charge is 0.497 e. The second-order valence-electron chi connectivity index (χ2n) is 5.98. The number of carbonyl (C=O) groups is 1. The number of hydrogen-bond acceptors (Lipinski definition) is 3. The molecule has 0 amide bonds. The van der Waals surface area contributed by atoms with E-state index in [9.17, 15) is 4.79 Å². The maximum atomic E-state index is 12.6. The molecule has 108 valence electrons. The maximum Gasteiger partial charge on any atom is 0.167 e. The Morgan fingerprint density at radius 1 is 1.25 bits per heavy atom. The lowest BCUT2D eigenvalue weighted by Crippen LogP contribution is -2.38. The Hall–Kier alpha value is -1.35. The Balaban J connectivity index is 1.71. The number of benzene rings is 1. The third-order valence-electron chi connectivity index (χ3n) is 4.64. The normalized spacial score (nSPS) is 23.4. The summed E-state index contributed by atoms with van der Waals surface area (Å²) in [7, 11) is 1.67. The zero-order valence-electron chi connectivity index (χ0n) is 12.2. The van der Waals surface area contributed by atoms with Crippen LogP contribution in [-0.2, 0) is 6.42 Å². The predicted octanol–water partition coefficient (Wildman–Crippen LogP) is 2.93. The molecule has 1 heterocycles. The third kappa shape index (κ3) is 2.73. The molecule has 3 heteroatoms. The van der Waals surface area contributed by atoms with Gasteiger partial charge in [-0.25, -0.2) is 0 Å². The number of fused-ring (bicyclic) bond motifs is 1.